The fourth-order valence-electron chi connectivity index (χ4n) is 4.79. The topological polar surface area (TPSA) is 110 Å². The first kappa shape index (κ1) is 27.9. The Morgan fingerprint density at radius 1 is 0.930 bits per heavy atom. The van der Waals surface area contributed by atoms with Gasteiger partial charge in [-0.25, -0.2) is 0 Å². The second kappa shape index (κ2) is 11.6. The molecular formula is C32H26ClN3O7. The van der Waals surface area contributed by atoms with Gasteiger partial charge in [0.25, 0.3) is 11.5 Å². The van der Waals surface area contributed by atoms with Crippen molar-refractivity contribution in [2.24, 2.45) is 0 Å². The minimum absolute atomic E-state index is 0.137. The number of carbonyl (C=O) groups excluding carboxylic acids is 1. The van der Waals surface area contributed by atoms with Gasteiger partial charge in [0, 0.05) is 30.2 Å². The van der Waals surface area contributed by atoms with Crippen LogP contribution in [-0.2, 0) is 0 Å². The molecule has 5 aromatic rings. The Labute approximate surface area is 251 Å². The van der Waals surface area contributed by atoms with Crippen LogP contribution in [-0.4, -0.2) is 42.9 Å². The van der Waals surface area contributed by atoms with Crippen molar-refractivity contribution < 1.29 is 28.5 Å². The lowest BCUT2D eigenvalue weighted by Gasteiger charge is -2.23. The number of anilines is 1. The van der Waals surface area contributed by atoms with Gasteiger partial charge in [0.15, 0.2) is 11.5 Å². The van der Waals surface area contributed by atoms with E-state index in [1.165, 1.54) is 11.7 Å². The van der Waals surface area contributed by atoms with Gasteiger partial charge in [0.1, 0.15) is 36.0 Å². The van der Waals surface area contributed by atoms with Crippen LogP contribution in [0.1, 0.15) is 15.9 Å². The van der Waals surface area contributed by atoms with E-state index in [1.807, 2.05) is 19.1 Å². The summed E-state index contributed by atoms with van der Waals surface area (Å²) in [4.78, 5) is 31.2. The summed E-state index contributed by atoms with van der Waals surface area (Å²) in [5.41, 5.74) is 1.85. The number of nitrogens with zero attached hydrogens (tertiary/aromatic N) is 2. The normalized spacial score (nSPS) is 12.1. The average molecular weight is 600 g/mol. The van der Waals surface area contributed by atoms with Gasteiger partial charge in [-0.2, -0.15) is 0 Å². The van der Waals surface area contributed by atoms with Crippen molar-refractivity contribution in [3.05, 3.63) is 99.6 Å². The third kappa shape index (κ3) is 5.28. The number of benzene rings is 3. The first-order chi connectivity index (χ1) is 20.9. The van der Waals surface area contributed by atoms with Crippen molar-refractivity contribution in [1.82, 2.24) is 9.55 Å². The zero-order valence-electron chi connectivity index (χ0n) is 23.5. The first-order valence-electron chi connectivity index (χ1n) is 13.3. The standard InChI is InChI=1S/C32H26ClN3O7/c1-18-4-6-19(7-5-18)36-13-11-24(39-2)28(32(36)38)31(37)35-22-9-8-20(16-21(22)33)43-25-10-12-34-23-17-26(40-3)29-30(27(23)25)42-15-14-41-29/h4-13,16-17H,14-15H2,1-3H3,(H,35,37). The van der Waals surface area contributed by atoms with Gasteiger partial charge >= 0.3 is 0 Å². The monoisotopic (exact) mass is 599 g/mol. The number of amides is 1. The number of ether oxygens (including phenoxy) is 5. The van der Waals surface area contributed by atoms with Crippen molar-refractivity contribution in [2.45, 2.75) is 6.92 Å². The van der Waals surface area contributed by atoms with E-state index in [1.54, 1.807) is 68.0 Å². The molecule has 6 rings (SSSR count). The Morgan fingerprint density at radius 3 is 2.40 bits per heavy atom. The highest BCUT2D eigenvalue weighted by molar-refractivity contribution is 6.34. The molecular weight excluding hydrogens is 574 g/mol. The molecule has 11 heteroatoms. The lowest BCUT2D eigenvalue weighted by atomic mass is 10.1. The SMILES string of the molecule is COc1cc2nccc(Oc3ccc(NC(=O)c4c(OC)ccn(-c5ccc(C)cc5)c4=O)c(Cl)c3)c2c2c1OCCO2. The predicted octanol–water partition coefficient (Wildman–Crippen LogP) is 6.18. The Hall–Kier alpha value is -5.22. The Bertz CT molecular complexity index is 1920. The smallest absolute Gasteiger partial charge is 0.271 e. The highest BCUT2D eigenvalue weighted by atomic mass is 35.5. The van der Waals surface area contributed by atoms with E-state index in [0.717, 1.165) is 5.56 Å². The highest BCUT2D eigenvalue weighted by Gasteiger charge is 2.25. The Morgan fingerprint density at radius 2 is 1.67 bits per heavy atom. The number of carbonyl (C=O) groups is 1. The van der Waals surface area contributed by atoms with Gasteiger partial charge in [0.05, 0.1) is 35.8 Å². The van der Waals surface area contributed by atoms with Crippen molar-refractivity contribution in [3.8, 4) is 40.2 Å². The van der Waals surface area contributed by atoms with Crippen molar-refractivity contribution in [2.75, 3.05) is 32.8 Å². The van der Waals surface area contributed by atoms with Crippen LogP contribution in [0.2, 0.25) is 5.02 Å². The molecule has 0 atom stereocenters. The minimum atomic E-state index is -0.670. The third-order valence-electron chi connectivity index (χ3n) is 6.89. The molecule has 10 nitrogen and oxygen atoms in total. The molecule has 2 aromatic heterocycles. The molecule has 43 heavy (non-hydrogen) atoms. The molecule has 0 fully saturated rings. The van der Waals surface area contributed by atoms with Crippen LogP contribution < -0.4 is 34.6 Å². The molecule has 0 radical (unpaired) electrons. The van der Waals surface area contributed by atoms with Crippen molar-refractivity contribution in [3.63, 3.8) is 0 Å². The molecule has 0 saturated carbocycles. The molecule has 0 saturated heterocycles. The van der Waals surface area contributed by atoms with Gasteiger partial charge in [-0.3, -0.25) is 19.1 Å². The molecule has 0 aliphatic carbocycles. The zero-order chi connectivity index (χ0) is 30.1. The number of hydrogen-bond donors (Lipinski definition) is 1. The lowest BCUT2D eigenvalue weighted by Crippen LogP contribution is -2.29. The maximum atomic E-state index is 13.4. The van der Waals surface area contributed by atoms with Gasteiger partial charge in [-0.15, -0.1) is 0 Å². The molecule has 3 heterocycles. The quantitative estimate of drug-likeness (QED) is 0.236. The van der Waals surface area contributed by atoms with E-state index in [0.29, 0.717) is 58.6 Å². The number of fused-ring (bicyclic) bond motifs is 3. The maximum absolute atomic E-state index is 13.4. The number of halogens is 1. The molecule has 1 aliphatic heterocycles. The molecule has 218 valence electrons. The lowest BCUT2D eigenvalue weighted by molar-refractivity contribution is 0.102. The minimum Gasteiger partial charge on any atom is -0.496 e. The highest BCUT2D eigenvalue weighted by Crippen LogP contribution is 2.48. The van der Waals surface area contributed by atoms with Crippen LogP contribution in [0.3, 0.4) is 0 Å². The largest absolute Gasteiger partial charge is 0.496 e. The van der Waals surface area contributed by atoms with Gasteiger partial charge in [-0.05, 0) is 43.3 Å². The molecule has 0 bridgehead atoms. The second-order valence-corrected chi connectivity index (χ2v) is 10.0. The summed E-state index contributed by atoms with van der Waals surface area (Å²) in [5.74, 6) is 1.80. The van der Waals surface area contributed by atoms with Crippen LogP contribution in [0, 0.1) is 6.92 Å². The van der Waals surface area contributed by atoms with E-state index in [9.17, 15) is 9.59 Å². The first-order valence-corrected chi connectivity index (χ1v) is 13.7. The summed E-state index contributed by atoms with van der Waals surface area (Å²) < 4.78 is 30.1. The van der Waals surface area contributed by atoms with Crippen LogP contribution >= 0.6 is 11.6 Å². The molecule has 1 N–H and O–H groups in total. The molecule has 0 unspecified atom stereocenters. The molecule has 1 amide bonds. The fraction of sp³-hybridized carbons (Fsp3) is 0.156. The number of aryl methyl sites for hydroxylation is 1. The van der Waals surface area contributed by atoms with Crippen LogP contribution in [0.25, 0.3) is 16.6 Å². The van der Waals surface area contributed by atoms with E-state index in [4.69, 9.17) is 35.3 Å². The van der Waals surface area contributed by atoms with Crippen LogP contribution in [0.15, 0.2) is 77.9 Å². The maximum Gasteiger partial charge on any atom is 0.271 e. The Balaban J connectivity index is 1.29. The van der Waals surface area contributed by atoms with Gasteiger partial charge in [-0.1, -0.05) is 29.3 Å². The van der Waals surface area contributed by atoms with Crippen molar-refractivity contribution >= 4 is 34.1 Å². The summed E-state index contributed by atoms with van der Waals surface area (Å²) in [6, 6.07) is 17.2. The summed E-state index contributed by atoms with van der Waals surface area (Å²) in [6.45, 7) is 2.71. The van der Waals surface area contributed by atoms with Crippen LogP contribution in [0.4, 0.5) is 5.69 Å². The molecule has 3 aromatic carbocycles. The number of pyridine rings is 2. The number of nitrogens with one attached hydrogen (secondary N) is 1. The zero-order valence-corrected chi connectivity index (χ0v) is 24.2. The number of aromatic nitrogens is 2. The van der Waals surface area contributed by atoms with E-state index in [2.05, 4.69) is 10.3 Å². The average Bonchev–Trinajstić information content (AvgIpc) is 3.02. The number of methoxy groups -OCH3 is 2. The van der Waals surface area contributed by atoms with E-state index < -0.39 is 11.5 Å². The van der Waals surface area contributed by atoms with Crippen LogP contribution in [0.5, 0.6) is 34.5 Å². The number of hydrogen-bond acceptors (Lipinski definition) is 8. The third-order valence-corrected chi connectivity index (χ3v) is 7.21. The fourth-order valence-corrected chi connectivity index (χ4v) is 5.01. The summed E-state index contributed by atoms with van der Waals surface area (Å²) >= 11 is 6.57. The predicted molar refractivity (Wildman–Crippen MR) is 162 cm³/mol. The van der Waals surface area contributed by atoms with Gasteiger partial charge < -0.3 is 29.0 Å². The number of rotatable bonds is 7. The molecule has 1 aliphatic rings. The summed E-state index contributed by atoms with van der Waals surface area (Å²) in [7, 11) is 2.95. The van der Waals surface area contributed by atoms with E-state index in [-0.39, 0.29) is 22.0 Å². The Kier molecular flexibility index (Phi) is 7.52. The summed E-state index contributed by atoms with van der Waals surface area (Å²) in [5, 5.41) is 3.54. The molecule has 0 spiro atoms. The van der Waals surface area contributed by atoms with Crippen molar-refractivity contribution in [1.29, 1.82) is 0 Å². The van der Waals surface area contributed by atoms with Gasteiger partial charge in [0.2, 0.25) is 5.75 Å². The summed E-state index contributed by atoms with van der Waals surface area (Å²) in [6.07, 6.45) is 3.18. The van der Waals surface area contributed by atoms with E-state index >= 15 is 0 Å². The second-order valence-electron chi connectivity index (χ2n) is 9.60.